The fraction of sp³-hybridized carbons (Fsp3) is 0.769. The van der Waals surface area contributed by atoms with Gasteiger partial charge in [-0.2, -0.15) is 0 Å². The van der Waals surface area contributed by atoms with E-state index in [4.69, 9.17) is 11.6 Å². The Labute approximate surface area is 107 Å². The summed E-state index contributed by atoms with van der Waals surface area (Å²) in [5, 5.41) is 1.64. The molecule has 1 heterocycles. The molecule has 16 heavy (non-hydrogen) atoms. The largest absolute Gasteiger partial charge is 0.246 e. The van der Waals surface area contributed by atoms with Gasteiger partial charge in [0.25, 0.3) is 0 Å². The maximum absolute atomic E-state index is 6.42. The number of rotatable bonds is 2. The Morgan fingerprint density at radius 3 is 2.75 bits per heavy atom. The van der Waals surface area contributed by atoms with E-state index in [1.807, 2.05) is 11.3 Å². The topological polar surface area (TPSA) is 12.9 Å². The van der Waals surface area contributed by atoms with Gasteiger partial charge in [-0.25, -0.2) is 4.98 Å². The molecular formula is C13H20ClNS. The molecule has 0 amide bonds. The molecule has 1 nitrogen and oxygen atoms in total. The fourth-order valence-corrected chi connectivity index (χ4v) is 3.87. The minimum absolute atomic E-state index is 0.362. The highest BCUT2D eigenvalue weighted by atomic mass is 35.5. The highest BCUT2D eigenvalue weighted by Gasteiger charge is 2.28. The number of aryl methyl sites for hydroxylation is 2. The van der Waals surface area contributed by atoms with E-state index in [-0.39, 0.29) is 0 Å². The summed E-state index contributed by atoms with van der Waals surface area (Å²) in [6.07, 6.45) is 4.82. The van der Waals surface area contributed by atoms with Crippen LogP contribution in [-0.2, 0) is 6.42 Å². The molecule has 3 atom stereocenters. The van der Waals surface area contributed by atoms with Gasteiger partial charge in [0.1, 0.15) is 0 Å². The van der Waals surface area contributed by atoms with Crippen LogP contribution in [0.3, 0.4) is 0 Å². The second kappa shape index (κ2) is 5.05. The van der Waals surface area contributed by atoms with Crippen LogP contribution in [-0.4, -0.2) is 10.4 Å². The summed E-state index contributed by atoms with van der Waals surface area (Å²) >= 11 is 8.26. The van der Waals surface area contributed by atoms with Crippen molar-refractivity contribution in [2.45, 2.75) is 51.8 Å². The van der Waals surface area contributed by atoms with Crippen LogP contribution in [0.5, 0.6) is 0 Å². The van der Waals surface area contributed by atoms with Crippen molar-refractivity contribution in [2.75, 3.05) is 0 Å². The SMILES string of the molecule is Cc1nc(CC2CC(C)CCC2Cl)sc1C. The van der Waals surface area contributed by atoms with Gasteiger partial charge in [-0.1, -0.05) is 6.92 Å². The summed E-state index contributed by atoms with van der Waals surface area (Å²) in [5.74, 6) is 1.47. The third kappa shape index (κ3) is 2.78. The van der Waals surface area contributed by atoms with Crippen LogP contribution in [0, 0.1) is 25.7 Å². The number of nitrogens with zero attached hydrogens (tertiary/aromatic N) is 1. The number of thiazole rings is 1. The monoisotopic (exact) mass is 257 g/mol. The molecule has 0 spiro atoms. The number of aromatic nitrogens is 1. The maximum Gasteiger partial charge on any atom is 0.0934 e. The highest BCUT2D eigenvalue weighted by Crippen LogP contribution is 2.35. The Morgan fingerprint density at radius 2 is 2.12 bits per heavy atom. The average molecular weight is 258 g/mol. The Balaban J connectivity index is 2.02. The molecule has 0 aliphatic heterocycles. The molecule has 0 aromatic carbocycles. The van der Waals surface area contributed by atoms with Gasteiger partial charge in [0.15, 0.2) is 0 Å². The highest BCUT2D eigenvalue weighted by molar-refractivity contribution is 7.11. The minimum atomic E-state index is 0.362. The molecule has 3 unspecified atom stereocenters. The Kier molecular flexibility index (Phi) is 3.91. The molecule has 1 aliphatic rings. The molecule has 2 rings (SSSR count). The van der Waals surface area contributed by atoms with E-state index in [1.54, 1.807) is 0 Å². The second-order valence-electron chi connectivity index (χ2n) is 5.15. The summed E-state index contributed by atoms with van der Waals surface area (Å²) in [4.78, 5) is 5.98. The molecule has 1 saturated carbocycles. The van der Waals surface area contributed by atoms with Crippen molar-refractivity contribution in [1.29, 1.82) is 0 Å². The quantitative estimate of drug-likeness (QED) is 0.718. The molecule has 0 saturated heterocycles. The van der Waals surface area contributed by atoms with Gasteiger partial charge in [0.2, 0.25) is 0 Å². The van der Waals surface area contributed by atoms with E-state index in [1.165, 1.54) is 34.8 Å². The number of halogens is 1. The van der Waals surface area contributed by atoms with Crippen LogP contribution in [0.25, 0.3) is 0 Å². The average Bonchev–Trinajstić information content (AvgIpc) is 2.52. The zero-order valence-electron chi connectivity index (χ0n) is 10.3. The molecule has 0 radical (unpaired) electrons. The van der Waals surface area contributed by atoms with Gasteiger partial charge < -0.3 is 0 Å². The van der Waals surface area contributed by atoms with Gasteiger partial charge in [-0.05, 0) is 44.9 Å². The van der Waals surface area contributed by atoms with Crippen molar-refractivity contribution in [3.05, 3.63) is 15.6 Å². The van der Waals surface area contributed by atoms with Gasteiger partial charge in [-0.15, -0.1) is 22.9 Å². The van der Waals surface area contributed by atoms with Crippen molar-refractivity contribution >= 4 is 22.9 Å². The zero-order valence-corrected chi connectivity index (χ0v) is 11.9. The van der Waals surface area contributed by atoms with E-state index in [0.29, 0.717) is 11.3 Å². The summed E-state index contributed by atoms with van der Waals surface area (Å²) < 4.78 is 0. The molecule has 1 fully saturated rings. The first-order valence-corrected chi connectivity index (χ1v) is 7.38. The second-order valence-corrected chi connectivity index (χ2v) is 7.00. The molecule has 1 aliphatic carbocycles. The fourth-order valence-electron chi connectivity index (χ4n) is 2.52. The van der Waals surface area contributed by atoms with Gasteiger partial charge in [0.05, 0.1) is 10.7 Å². The van der Waals surface area contributed by atoms with Gasteiger partial charge in [0, 0.05) is 16.7 Å². The predicted octanol–water partition coefficient (Wildman–Crippen LogP) is 4.35. The Bertz CT molecular complexity index is 341. The summed E-state index contributed by atoms with van der Waals surface area (Å²) in [6.45, 7) is 6.59. The molecule has 1 aromatic heterocycles. The number of alkyl halides is 1. The standard InChI is InChI=1S/C13H20ClNS/c1-8-4-5-12(14)11(6-8)7-13-15-9(2)10(3)16-13/h8,11-12H,4-7H2,1-3H3. The summed E-state index contributed by atoms with van der Waals surface area (Å²) in [7, 11) is 0. The van der Waals surface area contributed by atoms with Crippen LogP contribution in [0.15, 0.2) is 0 Å². The molecular weight excluding hydrogens is 238 g/mol. The van der Waals surface area contributed by atoms with Crippen LogP contribution in [0.1, 0.15) is 41.8 Å². The molecule has 1 aromatic rings. The Hall–Kier alpha value is -0.0800. The van der Waals surface area contributed by atoms with Crippen LogP contribution < -0.4 is 0 Å². The van der Waals surface area contributed by atoms with Crippen molar-refractivity contribution in [3.8, 4) is 0 Å². The van der Waals surface area contributed by atoms with E-state index in [2.05, 4.69) is 25.8 Å². The summed E-state index contributed by atoms with van der Waals surface area (Å²) in [6, 6.07) is 0. The third-order valence-corrected chi connectivity index (χ3v) is 5.33. The van der Waals surface area contributed by atoms with Crippen LogP contribution in [0.2, 0.25) is 0 Å². The number of hydrogen-bond donors (Lipinski definition) is 0. The van der Waals surface area contributed by atoms with E-state index < -0.39 is 0 Å². The lowest BCUT2D eigenvalue weighted by Crippen LogP contribution is -2.25. The first-order valence-electron chi connectivity index (χ1n) is 6.13. The van der Waals surface area contributed by atoms with Crippen molar-refractivity contribution in [2.24, 2.45) is 11.8 Å². The van der Waals surface area contributed by atoms with Gasteiger partial charge in [-0.3, -0.25) is 0 Å². The maximum atomic E-state index is 6.42. The third-order valence-electron chi connectivity index (χ3n) is 3.66. The van der Waals surface area contributed by atoms with E-state index in [9.17, 15) is 0 Å². The first kappa shape index (κ1) is 12.4. The number of hydrogen-bond acceptors (Lipinski definition) is 2. The molecule has 0 N–H and O–H groups in total. The molecule has 90 valence electrons. The molecule has 0 bridgehead atoms. The molecule has 3 heteroatoms. The van der Waals surface area contributed by atoms with Crippen LogP contribution in [0.4, 0.5) is 0 Å². The lowest BCUT2D eigenvalue weighted by molar-refractivity contribution is 0.287. The van der Waals surface area contributed by atoms with E-state index in [0.717, 1.165) is 12.3 Å². The lowest BCUT2D eigenvalue weighted by atomic mass is 9.80. The van der Waals surface area contributed by atoms with Crippen molar-refractivity contribution < 1.29 is 0 Å². The Morgan fingerprint density at radius 1 is 1.38 bits per heavy atom. The zero-order chi connectivity index (χ0) is 11.7. The smallest absolute Gasteiger partial charge is 0.0934 e. The van der Waals surface area contributed by atoms with E-state index >= 15 is 0 Å². The minimum Gasteiger partial charge on any atom is -0.246 e. The van der Waals surface area contributed by atoms with Gasteiger partial charge >= 0.3 is 0 Å². The predicted molar refractivity (Wildman–Crippen MR) is 71.4 cm³/mol. The summed E-state index contributed by atoms with van der Waals surface area (Å²) in [5.41, 5.74) is 1.19. The van der Waals surface area contributed by atoms with Crippen molar-refractivity contribution in [3.63, 3.8) is 0 Å². The van der Waals surface area contributed by atoms with Crippen LogP contribution >= 0.6 is 22.9 Å². The normalized spacial score (nSPS) is 30.6. The van der Waals surface area contributed by atoms with Crippen molar-refractivity contribution in [1.82, 2.24) is 4.98 Å². The first-order chi connectivity index (χ1) is 7.56. The lowest BCUT2D eigenvalue weighted by Gasteiger charge is -2.30.